The van der Waals surface area contributed by atoms with Crippen molar-refractivity contribution in [1.29, 1.82) is 0 Å². The number of nitrogens with zero attached hydrogens (tertiary/aromatic N) is 1. The fraction of sp³-hybridized carbons (Fsp3) is 0.500. The van der Waals surface area contributed by atoms with Crippen LogP contribution in [-0.4, -0.2) is 51.6 Å². The van der Waals surface area contributed by atoms with Crippen molar-refractivity contribution in [2.24, 2.45) is 0 Å². The first-order valence-corrected chi connectivity index (χ1v) is 13.6. The van der Waals surface area contributed by atoms with Crippen molar-refractivity contribution in [2.45, 2.75) is 87.1 Å². The van der Waals surface area contributed by atoms with E-state index in [1.807, 2.05) is 24.8 Å². The highest BCUT2D eigenvalue weighted by Gasteiger charge is 2.69. The van der Waals surface area contributed by atoms with Gasteiger partial charge in [-0.15, -0.1) is 0 Å². The summed E-state index contributed by atoms with van der Waals surface area (Å²) in [5, 5.41) is 17.0. The molecular formula is C28H30Cl2FN3O3. The summed E-state index contributed by atoms with van der Waals surface area (Å²) in [5.41, 5.74) is -0.253. The number of fused-ring (bicyclic) bond motifs is 5. The van der Waals surface area contributed by atoms with Crippen molar-refractivity contribution < 1.29 is 19.1 Å². The molecule has 3 aliphatic heterocycles. The average molecular weight is 546 g/mol. The van der Waals surface area contributed by atoms with Crippen molar-refractivity contribution in [1.82, 2.24) is 10.2 Å². The molecule has 2 bridgehead atoms. The normalized spacial score (nSPS) is 34.4. The minimum Gasteiger partial charge on any atom is -0.393 e. The van der Waals surface area contributed by atoms with E-state index >= 15 is 4.39 Å². The number of likely N-dealkylation sites (tertiary alicyclic amines) is 1. The molecule has 1 spiro atoms. The summed E-state index contributed by atoms with van der Waals surface area (Å²) in [6.45, 7) is 4.08. The molecule has 2 amide bonds. The molecular weight excluding hydrogens is 516 g/mol. The lowest BCUT2D eigenvalue weighted by molar-refractivity contribution is -0.144. The number of aliphatic hydroxyl groups is 1. The van der Waals surface area contributed by atoms with Gasteiger partial charge in [0.2, 0.25) is 11.8 Å². The largest absolute Gasteiger partial charge is 0.393 e. The van der Waals surface area contributed by atoms with Gasteiger partial charge < -0.3 is 20.6 Å². The third-order valence-corrected chi connectivity index (χ3v) is 9.54. The first-order valence-electron chi connectivity index (χ1n) is 12.9. The van der Waals surface area contributed by atoms with E-state index in [0.717, 1.165) is 0 Å². The predicted molar refractivity (Wildman–Crippen MR) is 140 cm³/mol. The standard InChI is InChI=1S/C28H30Cl2FN3O3/c1-27(2)13-21-28(18-11-6-14(29)12-20(18)32-26(28)37)22(17-4-3-5-19(30)23(17)31)24(33-21)25(36)34(27)15-7-9-16(35)10-8-15/h3-6,11-12,15-16,21-22,24,33,35H,7-10,13H2,1-2H3,(H,32,37). The molecule has 1 aliphatic carbocycles. The smallest absolute Gasteiger partial charge is 0.241 e. The first kappa shape index (κ1) is 25.1. The third-order valence-electron chi connectivity index (χ3n) is 9.01. The van der Waals surface area contributed by atoms with E-state index in [0.29, 0.717) is 48.4 Å². The van der Waals surface area contributed by atoms with Crippen LogP contribution in [0.1, 0.15) is 63.0 Å². The second kappa shape index (κ2) is 8.67. The van der Waals surface area contributed by atoms with E-state index in [1.165, 1.54) is 6.07 Å². The Morgan fingerprint density at radius 3 is 2.54 bits per heavy atom. The molecule has 2 aromatic rings. The second-order valence-corrected chi connectivity index (χ2v) is 12.4. The first-order chi connectivity index (χ1) is 17.6. The Balaban J connectivity index is 1.55. The number of hydrogen-bond donors (Lipinski definition) is 3. The van der Waals surface area contributed by atoms with Gasteiger partial charge in [0, 0.05) is 34.3 Å². The van der Waals surface area contributed by atoms with Gasteiger partial charge in [-0.1, -0.05) is 41.4 Å². The van der Waals surface area contributed by atoms with Crippen LogP contribution in [0.4, 0.5) is 10.1 Å². The zero-order valence-electron chi connectivity index (χ0n) is 20.7. The maximum absolute atomic E-state index is 15.7. The maximum Gasteiger partial charge on any atom is 0.241 e. The monoisotopic (exact) mass is 545 g/mol. The number of anilines is 1. The van der Waals surface area contributed by atoms with E-state index in [9.17, 15) is 14.7 Å². The summed E-state index contributed by atoms with van der Waals surface area (Å²) in [6.07, 6.45) is 2.83. The van der Waals surface area contributed by atoms with E-state index in [2.05, 4.69) is 10.6 Å². The lowest BCUT2D eigenvalue weighted by atomic mass is 9.61. The molecule has 3 fully saturated rings. The van der Waals surface area contributed by atoms with Crippen LogP contribution >= 0.6 is 23.2 Å². The summed E-state index contributed by atoms with van der Waals surface area (Å²) in [7, 11) is 0. The van der Waals surface area contributed by atoms with Crippen molar-refractivity contribution in [3.63, 3.8) is 0 Å². The van der Waals surface area contributed by atoms with Gasteiger partial charge in [0.05, 0.1) is 17.2 Å². The Morgan fingerprint density at radius 1 is 1.08 bits per heavy atom. The van der Waals surface area contributed by atoms with Gasteiger partial charge in [0.1, 0.15) is 11.2 Å². The van der Waals surface area contributed by atoms with Crippen LogP contribution in [0.2, 0.25) is 10.0 Å². The Morgan fingerprint density at radius 2 is 1.81 bits per heavy atom. The lowest BCUT2D eigenvalue weighted by Crippen LogP contribution is -2.61. The molecule has 196 valence electrons. The second-order valence-electron chi connectivity index (χ2n) is 11.5. The van der Waals surface area contributed by atoms with E-state index in [1.54, 1.807) is 24.3 Å². The number of benzene rings is 2. The molecule has 0 radical (unpaired) electrons. The van der Waals surface area contributed by atoms with Gasteiger partial charge in [-0.2, -0.15) is 0 Å². The number of hydrogen-bond acceptors (Lipinski definition) is 4. The molecule has 0 aromatic heterocycles. The average Bonchev–Trinajstić information content (AvgIpc) is 3.28. The summed E-state index contributed by atoms with van der Waals surface area (Å²) >= 11 is 12.5. The zero-order chi connectivity index (χ0) is 26.3. The fourth-order valence-electron chi connectivity index (χ4n) is 7.56. The molecule has 6 rings (SSSR count). The van der Waals surface area contributed by atoms with Gasteiger partial charge in [0.25, 0.3) is 0 Å². The van der Waals surface area contributed by atoms with Crippen LogP contribution in [0.5, 0.6) is 0 Å². The molecule has 4 atom stereocenters. The summed E-state index contributed by atoms with van der Waals surface area (Å²) in [4.78, 5) is 30.5. The fourth-order valence-corrected chi connectivity index (χ4v) is 7.92. The predicted octanol–water partition coefficient (Wildman–Crippen LogP) is 4.76. The van der Waals surface area contributed by atoms with Crippen molar-refractivity contribution in [2.75, 3.05) is 5.32 Å². The quantitative estimate of drug-likeness (QED) is 0.508. The minimum absolute atomic E-state index is 0.0312. The Hall–Kier alpha value is -2.19. The van der Waals surface area contributed by atoms with Gasteiger partial charge >= 0.3 is 0 Å². The Kier molecular flexibility index (Phi) is 5.88. The molecule has 3 heterocycles. The van der Waals surface area contributed by atoms with Gasteiger partial charge in [0.15, 0.2) is 0 Å². The molecule has 37 heavy (non-hydrogen) atoms. The highest BCUT2D eigenvalue weighted by Crippen LogP contribution is 2.58. The maximum atomic E-state index is 15.7. The zero-order valence-corrected chi connectivity index (χ0v) is 22.2. The molecule has 4 aliphatic rings. The summed E-state index contributed by atoms with van der Waals surface area (Å²) in [6, 6.07) is 8.72. The van der Waals surface area contributed by atoms with Crippen molar-refractivity contribution in [3.05, 3.63) is 63.4 Å². The number of halogens is 3. The molecule has 6 nitrogen and oxygen atoms in total. The van der Waals surface area contributed by atoms with Crippen LogP contribution in [0.3, 0.4) is 0 Å². The SMILES string of the molecule is CC1(C)CC2NC(C(=O)N1C1CCC(O)CC1)C(c1cccc(Cl)c1F)C21C(=O)Nc2cc(Cl)ccc21. The lowest BCUT2D eigenvalue weighted by Gasteiger charge is -2.49. The molecule has 2 aromatic carbocycles. The third kappa shape index (κ3) is 3.58. The minimum atomic E-state index is -1.22. The number of aliphatic hydroxyl groups excluding tert-OH is 1. The number of carbonyl (C=O) groups excluding carboxylic acids is 2. The van der Waals surface area contributed by atoms with Crippen LogP contribution in [0.15, 0.2) is 36.4 Å². The number of amides is 2. The van der Waals surface area contributed by atoms with Crippen LogP contribution in [0.25, 0.3) is 0 Å². The number of nitrogens with one attached hydrogen (secondary N) is 2. The highest BCUT2D eigenvalue weighted by atomic mass is 35.5. The highest BCUT2D eigenvalue weighted by molar-refractivity contribution is 6.31. The summed E-state index contributed by atoms with van der Waals surface area (Å²) in [5.74, 6) is -1.85. The molecule has 1 saturated carbocycles. The van der Waals surface area contributed by atoms with E-state index in [-0.39, 0.29) is 34.5 Å². The van der Waals surface area contributed by atoms with E-state index < -0.39 is 34.8 Å². The van der Waals surface area contributed by atoms with Crippen molar-refractivity contribution >= 4 is 40.7 Å². The Bertz CT molecular complexity index is 1300. The molecule has 3 N–H and O–H groups in total. The van der Waals surface area contributed by atoms with Crippen LogP contribution < -0.4 is 10.6 Å². The molecule has 2 saturated heterocycles. The van der Waals surface area contributed by atoms with Crippen LogP contribution in [0, 0.1) is 5.82 Å². The van der Waals surface area contributed by atoms with Gasteiger partial charge in [-0.3, -0.25) is 9.59 Å². The van der Waals surface area contributed by atoms with Crippen molar-refractivity contribution in [3.8, 4) is 0 Å². The van der Waals surface area contributed by atoms with E-state index in [4.69, 9.17) is 23.2 Å². The Labute approximate surface area is 225 Å². The van der Waals surface area contributed by atoms with Crippen LogP contribution in [-0.2, 0) is 15.0 Å². The summed E-state index contributed by atoms with van der Waals surface area (Å²) < 4.78 is 15.7. The van der Waals surface area contributed by atoms with Gasteiger partial charge in [-0.25, -0.2) is 4.39 Å². The molecule has 4 unspecified atom stereocenters. The topological polar surface area (TPSA) is 81.7 Å². The molecule has 9 heteroatoms. The van der Waals surface area contributed by atoms with Gasteiger partial charge in [-0.05, 0) is 75.3 Å². The number of carbonyl (C=O) groups is 2. The number of rotatable bonds is 2.